The maximum Gasteiger partial charge on any atom is 0.142 e. The third kappa shape index (κ3) is 3.38. The molecule has 1 atom stereocenters. The molecule has 1 aliphatic rings. The Labute approximate surface area is 155 Å². The summed E-state index contributed by atoms with van der Waals surface area (Å²) in [5, 5.41) is 10.5. The van der Waals surface area contributed by atoms with Crippen molar-refractivity contribution in [3.05, 3.63) is 52.0 Å². The number of phenolic OH excluding ortho intramolecular Hbond substituents is 1. The van der Waals surface area contributed by atoms with Gasteiger partial charge >= 0.3 is 0 Å². The monoisotopic (exact) mass is 356 g/mol. The molecule has 1 unspecified atom stereocenters. The Morgan fingerprint density at radius 2 is 2.00 bits per heavy atom. The summed E-state index contributed by atoms with van der Waals surface area (Å²) in [6.07, 6.45) is 2.94. The van der Waals surface area contributed by atoms with Crippen LogP contribution in [-0.2, 0) is 0 Å². The topological polar surface area (TPSA) is 35.8 Å². The van der Waals surface area contributed by atoms with Crippen LogP contribution in [0.3, 0.4) is 0 Å². The summed E-state index contributed by atoms with van der Waals surface area (Å²) in [5.74, 6) is 0.590. The number of hydrogen-bond acceptors (Lipinski definition) is 3. The van der Waals surface area contributed by atoms with Gasteiger partial charge in [0.05, 0.1) is 0 Å². The Kier molecular flexibility index (Phi) is 4.54. The van der Waals surface area contributed by atoms with Crippen molar-refractivity contribution >= 4 is 29.2 Å². The minimum atomic E-state index is 0.0919. The molecule has 132 valence electrons. The minimum Gasteiger partial charge on any atom is -0.506 e. The molecule has 0 radical (unpaired) electrons. The molecule has 0 fully saturated rings. The van der Waals surface area contributed by atoms with Gasteiger partial charge in [0.2, 0.25) is 0 Å². The van der Waals surface area contributed by atoms with Crippen molar-refractivity contribution in [2.24, 2.45) is 4.99 Å². The molecule has 25 heavy (non-hydrogen) atoms. The van der Waals surface area contributed by atoms with Crippen LogP contribution >= 0.6 is 11.6 Å². The van der Waals surface area contributed by atoms with Crippen LogP contribution in [0.4, 0.5) is 11.4 Å². The fourth-order valence-corrected chi connectivity index (χ4v) is 3.78. The van der Waals surface area contributed by atoms with Crippen LogP contribution in [0.5, 0.6) is 5.75 Å². The van der Waals surface area contributed by atoms with E-state index in [-0.39, 0.29) is 11.3 Å². The Morgan fingerprint density at radius 1 is 1.28 bits per heavy atom. The molecule has 2 aromatic carbocycles. The van der Waals surface area contributed by atoms with Crippen LogP contribution in [0, 0.1) is 6.92 Å². The molecule has 2 aromatic rings. The molecule has 4 heteroatoms. The summed E-state index contributed by atoms with van der Waals surface area (Å²) < 4.78 is 0. The highest BCUT2D eigenvalue weighted by molar-refractivity contribution is 6.30. The van der Waals surface area contributed by atoms with E-state index in [2.05, 4.69) is 56.8 Å². The fourth-order valence-electron chi connectivity index (χ4n) is 3.62. The number of aromatic hydroxyl groups is 1. The van der Waals surface area contributed by atoms with E-state index in [1.54, 1.807) is 12.1 Å². The van der Waals surface area contributed by atoms with Crippen molar-refractivity contribution in [1.82, 2.24) is 0 Å². The van der Waals surface area contributed by atoms with Gasteiger partial charge in [0.15, 0.2) is 0 Å². The van der Waals surface area contributed by atoms with Crippen molar-refractivity contribution < 1.29 is 5.11 Å². The summed E-state index contributed by atoms with van der Waals surface area (Å²) in [5.41, 5.74) is 5.58. The van der Waals surface area contributed by atoms with Crippen LogP contribution in [0.2, 0.25) is 5.02 Å². The third-order valence-corrected chi connectivity index (χ3v) is 5.54. The number of fused-ring (bicyclic) bond motifs is 1. The first-order valence-corrected chi connectivity index (χ1v) is 8.98. The SMILES string of the molecule is Cc1cc2c(cc1C=Nc1ccc(Cl)cc1O)C(C)CC(C)(C)N2C. The molecule has 0 bridgehead atoms. The van der Waals surface area contributed by atoms with Crippen molar-refractivity contribution in [3.63, 3.8) is 0 Å². The Balaban J connectivity index is 1.99. The fraction of sp³-hybridized carbons (Fsp3) is 0.381. The van der Waals surface area contributed by atoms with Crippen molar-refractivity contribution in [2.75, 3.05) is 11.9 Å². The average Bonchev–Trinajstić information content (AvgIpc) is 2.52. The van der Waals surface area contributed by atoms with Crippen LogP contribution in [0.25, 0.3) is 0 Å². The van der Waals surface area contributed by atoms with Gasteiger partial charge in [-0.15, -0.1) is 0 Å². The second-order valence-corrected chi connectivity index (χ2v) is 8.07. The average molecular weight is 357 g/mol. The van der Waals surface area contributed by atoms with Gasteiger partial charge in [0.1, 0.15) is 11.4 Å². The molecular weight excluding hydrogens is 332 g/mol. The van der Waals surface area contributed by atoms with E-state index in [9.17, 15) is 5.11 Å². The molecule has 0 aromatic heterocycles. The van der Waals surface area contributed by atoms with Crippen molar-refractivity contribution in [1.29, 1.82) is 0 Å². The first-order chi connectivity index (χ1) is 11.7. The first kappa shape index (κ1) is 17.8. The third-order valence-electron chi connectivity index (χ3n) is 5.30. The molecule has 3 nitrogen and oxygen atoms in total. The summed E-state index contributed by atoms with van der Waals surface area (Å²) in [6, 6.07) is 9.44. The zero-order valence-electron chi connectivity index (χ0n) is 15.5. The van der Waals surface area contributed by atoms with E-state index in [0.29, 0.717) is 16.6 Å². The molecule has 0 amide bonds. The highest BCUT2D eigenvalue weighted by Gasteiger charge is 2.34. The predicted molar refractivity (Wildman–Crippen MR) is 107 cm³/mol. The number of phenols is 1. The number of nitrogens with zero attached hydrogens (tertiary/aromatic N) is 2. The lowest BCUT2D eigenvalue weighted by Crippen LogP contribution is -2.45. The summed E-state index contributed by atoms with van der Waals surface area (Å²) in [4.78, 5) is 6.83. The highest BCUT2D eigenvalue weighted by atomic mass is 35.5. The van der Waals surface area contributed by atoms with Gasteiger partial charge in [-0.05, 0) is 74.1 Å². The van der Waals surface area contributed by atoms with Gasteiger partial charge in [-0.3, -0.25) is 4.99 Å². The number of aryl methyl sites for hydroxylation is 1. The van der Waals surface area contributed by atoms with E-state index < -0.39 is 0 Å². The molecule has 1 aliphatic heterocycles. The summed E-state index contributed by atoms with van der Waals surface area (Å²) in [6.45, 7) is 8.97. The number of halogens is 1. The van der Waals surface area contributed by atoms with Crippen molar-refractivity contribution in [3.8, 4) is 5.75 Å². The van der Waals surface area contributed by atoms with Crippen LogP contribution < -0.4 is 4.90 Å². The number of rotatable bonds is 2. The number of benzene rings is 2. The highest BCUT2D eigenvalue weighted by Crippen LogP contribution is 2.43. The van der Waals surface area contributed by atoms with Gasteiger partial charge in [-0.1, -0.05) is 18.5 Å². The predicted octanol–water partition coefficient (Wildman–Crippen LogP) is 5.83. The second-order valence-electron chi connectivity index (χ2n) is 7.64. The van der Waals surface area contributed by atoms with Gasteiger partial charge in [0, 0.05) is 35.6 Å². The molecule has 3 rings (SSSR count). The molecular formula is C21H25ClN2O. The molecule has 0 aliphatic carbocycles. The van der Waals surface area contributed by atoms with E-state index in [1.807, 2.05) is 6.21 Å². The summed E-state index contributed by atoms with van der Waals surface area (Å²) >= 11 is 5.87. The first-order valence-electron chi connectivity index (χ1n) is 8.60. The van der Waals surface area contributed by atoms with E-state index in [4.69, 9.17) is 11.6 Å². The molecule has 1 heterocycles. The standard InChI is InChI=1S/C21H25ClN2O/c1-13-8-19-17(14(2)11-21(3,4)24(19)5)9-15(13)12-23-18-7-6-16(22)10-20(18)25/h6-10,12,14,25H,11H2,1-5H3. The second kappa shape index (κ2) is 6.38. The summed E-state index contributed by atoms with van der Waals surface area (Å²) in [7, 11) is 2.17. The largest absolute Gasteiger partial charge is 0.506 e. The molecule has 0 saturated heterocycles. The van der Waals surface area contributed by atoms with E-state index >= 15 is 0 Å². The van der Waals surface area contributed by atoms with Gasteiger partial charge in [-0.2, -0.15) is 0 Å². The van der Waals surface area contributed by atoms with Gasteiger partial charge in [0.25, 0.3) is 0 Å². The molecule has 0 spiro atoms. The van der Waals surface area contributed by atoms with E-state index in [0.717, 1.165) is 12.0 Å². The number of hydrogen-bond donors (Lipinski definition) is 1. The number of aliphatic imine (C=N–C) groups is 1. The quantitative estimate of drug-likeness (QED) is 0.687. The molecule has 1 N–H and O–H groups in total. The van der Waals surface area contributed by atoms with Crippen LogP contribution in [0.1, 0.15) is 49.8 Å². The van der Waals surface area contributed by atoms with Crippen LogP contribution in [-0.4, -0.2) is 23.9 Å². The Hall–Kier alpha value is -2.00. The van der Waals surface area contributed by atoms with Gasteiger partial charge < -0.3 is 10.0 Å². The number of anilines is 1. The van der Waals surface area contributed by atoms with Crippen molar-refractivity contribution in [2.45, 2.75) is 45.6 Å². The minimum absolute atomic E-state index is 0.0919. The normalized spacial score (nSPS) is 19.3. The maximum absolute atomic E-state index is 9.96. The van der Waals surface area contributed by atoms with Crippen LogP contribution in [0.15, 0.2) is 35.3 Å². The lowest BCUT2D eigenvalue weighted by atomic mass is 9.79. The molecule has 0 saturated carbocycles. The maximum atomic E-state index is 9.96. The smallest absolute Gasteiger partial charge is 0.142 e. The van der Waals surface area contributed by atoms with Gasteiger partial charge in [-0.25, -0.2) is 0 Å². The Bertz CT molecular complexity index is 842. The lowest BCUT2D eigenvalue weighted by molar-refractivity contribution is 0.395. The Morgan fingerprint density at radius 3 is 2.68 bits per heavy atom. The zero-order chi connectivity index (χ0) is 18.4. The lowest BCUT2D eigenvalue weighted by Gasteiger charge is -2.45. The van der Waals surface area contributed by atoms with E-state index in [1.165, 1.54) is 22.9 Å². The zero-order valence-corrected chi connectivity index (χ0v) is 16.2.